The van der Waals surface area contributed by atoms with Gasteiger partial charge in [0, 0.05) is 17.3 Å². The third-order valence-corrected chi connectivity index (χ3v) is 3.05. The first-order valence-electron chi connectivity index (χ1n) is 6.68. The van der Waals surface area contributed by atoms with Crippen LogP contribution in [0.5, 0.6) is 11.8 Å². The second kappa shape index (κ2) is 6.05. The summed E-state index contributed by atoms with van der Waals surface area (Å²) in [7, 11) is 0. The van der Waals surface area contributed by atoms with Crippen LogP contribution in [0.1, 0.15) is 10.4 Å². The number of rotatable bonds is 4. The Labute approximate surface area is 127 Å². The van der Waals surface area contributed by atoms with Crippen LogP contribution in [-0.2, 0) is 0 Å². The van der Waals surface area contributed by atoms with E-state index in [1.54, 1.807) is 30.5 Å². The Morgan fingerprint density at radius 1 is 0.955 bits per heavy atom. The smallest absolute Gasteiger partial charge is 0.322 e. The van der Waals surface area contributed by atoms with E-state index in [1.165, 1.54) is 0 Å². The van der Waals surface area contributed by atoms with Crippen molar-refractivity contribution in [1.29, 1.82) is 0 Å². The number of nitrogens with zero attached hydrogens (tertiary/aromatic N) is 2. The standard InChI is InChI=1S/C17H13N3O2/c18-16(21)13-6-8-14(9-7-13)22-17-19-11-10-15(20-17)12-4-2-1-3-5-12/h1-11H,(H2,18,21). The maximum absolute atomic E-state index is 11.0. The number of carbonyl (C=O) groups is 1. The number of primary amides is 1. The largest absolute Gasteiger partial charge is 0.424 e. The highest BCUT2D eigenvalue weighted by Gasteiger charge is 2.05. The van der Waals surface area contributed by atoms with Gasteiger partial charge in [0.15, 0.2) is 0 Å². The number of benzene rings is 2. The molecule has 108 valence electrons. The van der Waals surface area contributed by atoms with E-state index in [9.17, 15) is 4.79 Å². The van der Waals surface area contributed by atoms with Gasteiger partial charge in [-0.1, -0.05) is 30.3 Å². The van der Waals surface area contributed by atoms with E-state index in [1.807, 2.05) is 36.4 Å². The Morgan fingerprint density at radius 3 is 2.36 bits per heavy atom. The van der Waals surface area contributed by atoms with Crippen molar-refractivity contribution < 1.29 is 9.53 Å². The molecule has 2 aromatic carbocycles. The molecule has 0 saturated carbocycles. The number of carbonyl (C=O) groups excluding carboxylic acids is 1. The highest BCUT2D eigenvalue weighted by molar-refractivity contribution is 5.92. The second-order valence-corrected chi connectivity index (χ2v) is 4.58. The van der Waals surface area contributed by atoms with Crippen LogP contribution < -0.4 is 10.5 Å². The Bertz CT molecular complexity index is 787. The average molecular weight is 291 g/mol. The van der Waals surface area contributed by atoms with Gasteiger partial charge in [-0.05, 0) is 30.3 Å². The third-order valence-electron chi connectivity index (χ3n) is 3.05. The van der Waals surface area contributed by atoms with Gasteiger partial charge in [0.2, 0.25) is 5.91 Å². The molecule has 0 atom stereocenters. The highest BCUT2D eigenvalue weighted by Crippen LogP contribution is 2.21. The average Bonchev–Trinajstić information content (AvgIpc) is 2.56. The van der Waals surface area contributed by atoms with Crippen LogP contribution >= 0.6 is 0 Å². The molecule has 0 aliphatic rings. The van der Waals surface area contributed by atoms with Gasteiger partial charge in [-0.15, -0.1) is 0 Å². The van der Waals surface area contributed by atoms with Crippen molar-refractivity contribution in [2.75, 3.05) is 0 Å². The second-order valence-electron chi connectivity index (χ2n) is 4.58. The molecule has 5 heteroatoms. The predicted molar refractivity (Wildman–Crippen MR) is 82.5 cm³/mol. The van der Waals surface area contributed by atoms with E-state index >= 15 is 0 Å². The fourth-order valence-electron chi connectivity index (χ4n) is 1.95. The molecule has 2 N–H and O–H groups in total. The van der Waals surface area contributed by atoms with E-state index in [0.717, 1.165) is 11.3 Å². The van der Waals surface area contributed by atoms with Crippen LogP contribution in [0.2, 0.25) is 0 Å². The van der Waals surface area contributed by atoms with Crippen LogP contribution in [0, 0.1) is 0 Å². The fourth-order valence-corrected chi connectivity index (χ4v) is 1.95. The van der Waals surface area contributed by atoms with Crippen molar-refractivity contribution in [2.45, 2.75) is 0 Å². The van der Waals surface area contributed by atoms with Gasteiger partial charge >= 0.3 is 6.01 Å². The van der Waals surface area contributed by atoms with Crippen molar-refractivity contribution >= 4 is 5.91 Å². The molecular formula is C17H13N3O2. The molecule has 0 fully saturated rings. The van der Waals surface area contributed by atoms with Gasteiger partial charge < -0.3 is 10.5 Å². The molecule has 5 nitrogen and oxygen atoms in total. The Morgan fingerprint density at radius 2 is 1.68 bits per heavy atom. The van der Waals surface area contributed by atoms with Gasteiger partial charge in [0.25, 0.3) is 0 Å². The summed E-state index contributed by atoms with van der Waals surface area (Å²) in [6, 6.07) is 18.3. The molecule has 3 aromatic rings. The number of hydrogen-bond donors (Lipinski definition) is 1. The minimum atomic E-state index is -0.478. The lowest BCUT2D eigenvalue weighted by molar-refractivity contribution is 0.100. The molecule has 1 heterocycles. The lowest BCUT2D eigenvalue weighted by atomic mass is 10.1. The summed E-state index contributed by atoms with van der Waals surface area (Å²) in [5, 5.41) is 0. The normalized spacial score (nSPS) is 10.2. The Balaban J connectivity index is 1.82. The highest BCUT2D eigenvalue weighted by atomic mass is 16.5. The first-order valence-corrected chi connectivity index (χ1v) is 6.68. The first kappa shape index (κ1) is 13.8. The first-order chi connectivity index (χ1) is 10.7. The third kappa shape index (κ3) is 3.09. The minimum Gasteiger partial charge on any atom is -0.424 e. The zero-order valence-corrected chi connectivity index (χ0v) is 11.6. The van der Waals surface area contributed by atoms with Crippen LogP contribution in [0.15, 0.2) is 66.9 Å². The lowest BCUT2D eigenvalue weighted by Crippen LogP contribution is -2.10. The Kier molecular flexibility index (Phi) is 3.78. The summed E-state index contributed by atoms with van der Waals surface area (Å²) >= 11 is 0. The lowest BCUT2D eigenvalue weighted by Gasteiger charge is -2.06. The number of hydrogen-bond acceptors (Lipinski definition) is 4. The molecule has 0 saturated heterocycles. The van der Waals surface area contributed by atoms with E-state index in [4.69, 9.17) is 10.5 Å². The van der Waals surface area contributed by atoms with Gasteiger partial charge in [-0.3, -0.25) is 4.79 Å². The van der Waals surface area contributed by atoms with Crippen molar-refractivity contribution in [3.63, 3.8) is 0 Å². The Hall–Kier alpha value is -3.21. The molecule has 0 aliphatic heterocycles. The van der Waals surface area contributed by atoms with E-state index in [0.29, 0.717) is 11.3 Å². The molecule has 1 aromatic heterocycles. The molecule has 0 radical (unpaired) electrons. The zero-order chi connectivity index (χ0) is 15.4. The quantitative estimate of drug-likeness (QED) is 0.801. The van der Waals surface area contributed by atoms with Crippen LogP contribution in [0.4, 0.5) is 0 Å². The number of amides is 1. The topological polar surface area (TPSA) is 78.1 Å². The van der Waals surface area contributed by atoms with E-state index < -0.39 is 5.91 Å². The number of ether oxygens (including phenoxy) is 1. The van der Waals surface area contributed by atoms with E-state index in [-0.39, 0.29) is 6.01 Å². The summed E-state index contributed by atoms with van der Waals surface area (Å²) in [6.07, 6.45) is 1.64. The van der Waals surface area contributed by atoms with Gasteiger partial charge in [0.05, 0.1) is 5.69 Å². The molecule has 0 spiro atoms. The molecule has 1 amide bonds. The molecule has 22 heavy (non-hydrogen) atoms. The van der Waals surface area contributed by atoms with Crippen LogP contribution in [-0.4, -0.2) is 15.9 Å². The van der Waals surface area contributed by atoms with Gasteiger partial charge in [0.1, 0.15) is 5.75 Å². The molecule has 0 aliphatic carbocycles. The van der Waals surface area contributed by atoms with E-state index in [2.05, 4.69) is 9.97 Å². The monoisotopic (exact) mass is 291 g/mol. The summed E-state index contributed by atoms with van der Waals surface area (Å²) in [4.78, 5) is 19.5. The maximum Gasteiger partial charge on any atom is 0.322 e. The summed E-state index contributed by atoms with van der Waals surface area (Å²) in [5.74, 6) is 0.0593. The molecule has 3 rings (SSSR count). The molecule has 0 unspecified atom stereocenters. The fraction of sp³-hybridized carbons (Fsp3) is 0. The summed E-state index contributed by atoms with van der Waals surface area (Å²) in [5.41, 5.74) is 7.38. The zero-order valence-electron chi connectivity index (χ0n) is 11.6. The predicted octanol–water partition coefficient (Wildman–Crippen LogP) is 3.03. The van der Waals surface area contributed by atoms with Crippen molar-refractivity contribution in [3.05, 3.63) is 72.4 Å². The van der Waals surface area contributed by atoms with Crippen LogP contribution in [0.25, 0.3) is 11.3 Å². The SMILES string of the molecule is NC(=O)c1ccc(Oc2nccc(-c3ccccc3)n2)cc1. The summed E-state index contributed by atoms with van der Waals surface area (Å²) in [6.45, 7) is 0. The molecule has 0 bridgehead atoms. The number of aromatic nitrogens is 2. The van der Waals surface area contributed by atoms with Gasteiger partial charge in [-0.2, -0.15) is 4.98 Å². The van der Waals surface area contributed by atoms with Crippen LogP contribution in [0.3, 0.4) is 0 Å². The minimum absolute atomic E-state index is 0.244. The number of nitrogens with two attached hydrogens (primary N) is 1. The van der Waals surface area contributed by atoms with Crippen molar-refractivity contribution in [2.24, 2.45) is 5.73 Å². The van der Waals surface area contributed by atoms with Crippen molar-refractivity contribution in [3.8, 4) is 23.0 Å². The maximum atomic E-state index is 11.0. The summed E-state index contributed by atoms with van der Waals surface area (Å²) < 4.78 is 5.60. The van der Waals surface area contributed by atoms with Gasteiger partial charge in [-0.25, -0.2) is 4.98 Å². The molecular weight excluding hydrogens is 278 g/mol. The van der Waals surface area contributed by atoms with Crippen molar-refractivity contribution in [1.82, 2.24) is 9.97 Å².